The summed E-state index contributed by atoms with van der Waals surface area (Å²) in [6.45, 7) is 4.48. The van der Waals surface area contributed by atoms with Crippen molar-refractivity contribution in [3.05, 3.63) is 65.8 Å². The van der Waals surface area contributed by atoms with Crippen molar-refractivity contribution in [2.75, 3.05) is 0 Å². The fourth-order valence-electron chi connectivity index (χ4n) is 1.92. The zero-order valence-corrected chi connectivity index (χ0v) is 9.98. The Kier molecular flexibility index (Phi) is 3.40. The molecule has 2 rings (SSSR count). The molecule has 0 saturated heterocycles. The summed E-state index contributed by atoms with van der Waals surface area (Å²) in [5.74, 6) is 0.611. The monoisotopic (exact) mass is 210 g/mol. The van der Waals surface area contributed by atoms with Gasteiger partial charge < -0.3 is 0 Å². The van der Waals surface area contributed by atoms with Gasteiger partial charge in [-0.25, -0.2) is 0 Å². The van der Waals surface area contributed by atoms with E-state index in [0.717, 1.165) is 6.42 Å². The SMILES string of the molecule is CC(C)C1=CCC=C(c2ccccc2)C=C1. The molecule has 1 aromatic rings. The van der Waals surface area contributed by atoms with Gasteiger partial charge in [-0.3, -0.25) is 0 Å². The maximum atomic E-state index is 2.32. The maximum absolute atomic E-state index is 2.32. The molecule has 0 amide bonds. The van der Waals surface area contributed by atoms with E-state index in [1.54, 1.807) is 0 Å². The molecule has 1 aliphatic rings. The van der Waals surface area contributed by atoms with Gasteiger partial charge in [-0.1, -0.05) is 68.5 Å². The first kappa shape index (κ1) is 10.9. The largest absolute Gasteiger partial charge is 0.0772 e. The molecular formula is C16H18. The molecule has 0 atom stereocenters. The van der Waals surface area contributed by atoms with Crippen LogP contribution in [0, 0.1) is 5.92 Å². The Morgan fingerprint density at radius 3 is 2.38 bits per heavy atom. The van der Waals surface area contributed by atoms with E-state index >= 15 is 0 Å². The van der Waals surface area contributed by atoms with Crippen LogP contribution >= 0.6 is 0 Å². The Morgan fingerprint density at radius 1 is 0.938 bits per heavy atom. The zero-order valence-electron chi connectivity index (χ0n) is 9.98. The minimum Gasteiger partial charge on any atom is -0.0772 e. The lowest BCUT2D eigenvalue weighted by atomic mass is 10.0. The van der Waals surface area contributed by atoms with Crippen LogP contribution in [0.3, 0.4) is 0 Å². The molecule has 0 unspecified atom stereocenters. The fraction of sp³-hybridized carbons (Fsp3) is 0.250. The first-order chi connectivity index (χ1) is 7.77. The highest BCUT2D eigenvalue weighted by molar-refractivity contribution is 5.75. The van der Waals surface area contributed by atoms with Crippen molar-refractivity contribution in [3.8, 4) is 0 Å². The van der Waals surface area contributed by atoms with Gasteiger partial charge in [0.25, 0.3) is 0 Å². The molecule has 0 heteroatoms. The third kappa shape index (κ3) is 2.52. The van der Waals surface area contributed by atoms with Gasteiger partial charge in [0.05, 0.1) is 0 Å². The molecule has 16 heavy (non-hydrogen) atoms. The number of rotatable bonds is 2. The minimum atomic E-state index is 0.611. The van der Waals surface area contributed by atoms with Crippen molar-refractivity contribution in [1.29, 1.82) is 0 Å². The summed E-state index contributed by atoms with van der Waals surface area (Å²) in [6, 6.07) is 10.6. The molecule has 0 aliphatic heterocycles. The minimum absolute atomic E-state index is 0.611. The van der Waals surface area contributed by atoms with Gasteiger partial charge in [-0.05, 0) is 29.0 Å². The van der Waals surface area contributed by atoms with Crippen LogP contribution in [0.5, 0.6) is 0 Å². The molecule has 0 N–H and O–H groups in total. The molecule has 0 nitrogen and oxygen atoms in total. The second-order valence-electron chi connectivity index (χ2n) is 4.45. The van der Waals surface area contributed by atoms with E-state index in [1.165, 1.54) is 16.7 Å². The van der Waals surface area contributed by atoms with E-state index in [0.29, 0.717) is 5.92 Å². The predicted molar refractivity (Wildman–Crippen MR) is 71.1 cm³/mol. The number of hydrogen-bond donors (Lipinski definition) is 0. The average Bonchev–Trinajstić information content (AvgIpc) is 2.55. The van der Waals surface area contributed by atoms with E-state index in [2.05, 4.69) is 68.5 Å². The van der Waals surface area contributed by atoms with Crippen molar-refractivity contribution in [2.24, 2.45) is 5.92 Å². The Bertz CT molecular complexity index is 430. The van der Waals surface area contributed by atoms with Gasteiger partial charge in [0, 0.05) is 0 Å². The Balaban J connectivity index is 2.23. The van der Waals surface area contributed by atoms with Crippen molar-refractivity contribution >= 4 is 5.57 Å². The molecule has 1 aromatic carbocycles. The standard InChI is InChI=1S/C16H18/c1-13(2)14-9-6-10-16(12-11-14)15-7-4-3-5-8-15/h3-5,7-13H,6H2,1-2H3. The van der Waals surface area contributed by atoms with Crippen molar-refractivity contribution < 1.29 is 0 Å². The molecule has 1 aliphatic carbocycles. The lowest BCUT2D eigenvalue weighted by Gasteiger charge is -2.04. The molecular weight excluding hydrogens is 192 g/mol. The van der Waals surface area contributed by atoms with Crippen LogP contribution in [0.2, 0.25) is 0 Å². The number of allylic oxidation sites excluding steroid dienone is 6. The first-order valence-corrected chi connectivity index (χ1v) is 5.91. The van der Waals surface area contributed by atoms with Crippen LogP contribution in [0.25, 0.3) is 5.57 Å². The topological polar surface area (TPSA) is 0 Å². The van der Waals surface area contributed by atoms with E-state index in [-0.39, 0.29) is 0 Å². The van der Waals surface area contributed by atoms with Gasteiger partial charge in [0.1, 0.15) is 0 Å². The summed E-state index contributed by atoms with van der Waals surface area (Å²) in [4.78, 5) is 0. The van der Waals surface area contributed by atoms with Crippen molar-refractivity contribution in [2.45, 2.75) is 20.3 Å². The summed E-state index contributed by atoms with van der Waals surface area (Å²) in [6.07, 6.45) is 10.1. The Hall–Kier alpha value is -1.56. The molecule has 82 valence electrons. The van der Waals surface area contributed by atoms with Crippen LogP contribution in [-0.4, -0.2) is 0 Å². The predicted octanol–water partition coefficient (Wildman–Crippen LogP) is 4.61. The van der Waals surface area contributed by atoms with E-state index in [9.17, 15) is 0 Å². The average molecular weight is 210 g/mol. The molecule has 0 heterocycles. The smallest absolute Gasteiger partial charge is 0.0154 e. The van der Waals surface area contributed by atoms with Crippen LogP contribution in [0.4, 0.5) is 0 Å². The van der Waals surface area contributed by atoms with Gasteiger partial charge in [0.15, 0.2) is 0 Å². The lowest BCUT2D eigenvalue weighted by molar-refractivity contribution is 0.788. The summed E-state index contributed by atoms with van der Waals surface area (Å²) in [7, 11) is 0. The zero-order chi connectivity index (χ0) is 11.4. The highest BCUT2D eigenvalue weighted by Crippen LogP contribution is 2.23. The highest BCUT2D eigenvalue weighted by Gasteiger charge is 2.03. The fourth-order valence-corrected chi connectivity index (χ4v) is 1.92. The number of benzene rings is 1. The third-order valence-electron chi connectivity index (χ3n) is 2.92. The molecule has 0 aromatic heterocycles. The van der Waals surface area contributed by atoms with E-state index in [4.69, 9.17) is 0 Å². The molecule has 0 radical (unpaired) electrons. The van der Waals surface area contributed by atoms with Crippen LogP contribution < -0.4 is 0 Å². The maximum Gasteiger partial charge on any atom is -0.0154 e. The third-order valence-corrected chi connectivity index (χ3v) is 2.92. The quantitative estimate of drug-likeness (QED) is 0.668. The normalized spacial score (nSPS) is 15.7. The highest BCUT2D eigenvalue weighted by atomic mass is 14.1. The van der Waals surface area contributed by atoms with E-state index in [1.807, 2.05) is 0 Å². The van der Waals surface area contributed by atoms with Gasteiger partial charge in [-0.15, -0.1) is 0 Å². The number of hydrogen-bond acceptors (Lipinski definition) is 0. The Labute approximate surface area is 98.0 Å². The van der Waals surface area contributed by atoms with Crippen molar-refractivity contribution in [1.82, 2.24) is 0 Å². The molecule has 0 spiro atoms. The summed E-state index contributed by atoms with van der Waals surface area (Å²) in [5, 5.41) is 0. The molecule has 0 bridgehead atoms. The van der Waals surface area contributed by atoms with Gasteiger partial charge in [-0.2, -0.15) is 0 Å². The summed E-state index contributed by atoms with van der Waals surface area (Å²) >= 11 is 0. The van der Waals surface area contributed by atoms with Crippen LogP contribution in [0.1, 0.15) is 25.8 Å². The van der Waals surface area contributed by atoms with Crippen LogP contribution in [0.15, 0.2) is 60.2 Å². The van der Waals surface area contributed by atoms with Crippen molar-refractivity contribution in [3.63, 3.8) is 0 Å². The Morgan fingerprint density at radius 2 is 1.69 bits per heavy atom. The van der Waals surface area contributed by atoms with E-state index < -0.39 is 0 Å². The van der Waals surface area contributed by atoms with Gasteiger partial charge in [0.2, 0.25) is 0 Å². The van der Waals surface area contributed by atoms with Gasteiger partial charge >= 0.3 is 0 Å². The lowest BCUT2D eigenvalue weighted by Crippen LogP contribution is -1.89. The van der Waals surface area contributed by atoms with Crippen LogP contribution in [-0.2, 0) is 0 Å². The second kappa shape index (κ2) is 4.98. The summed E-state index contributed by atoms with van der Waals surface area (Å²) < 4.78 is 0. The summed E-state index contributed by atoms with van der Waals surface area (Å²) in [5.41, 5.74) is 4.06. The first-order valence-electron chi connectivity index (χ1n) is 5.91. The molecule has 0 fully saturated rings. The molecule has 0 saturated carbocycles. The second-order valence-corrected chi connectivity index (χ2v) is 4.45.